The van der Waals surface area contributed by atoms with Gasteiger partial charge in [0, 0.05) is 24.7 Å². The van der Waals surface area contributed by atoms with Crippen molar-refractivity contribution < 1.29 is 9.47 Å². The largest absolute Gasteiger partial charge is 0.496 e. The van der Waals surface area contributed by atoms with Crippen molar-refractivity contribution in [1.29, 1.82) is 0 Å². The van der Waals surface area contributed by atoms with Crippen molar-refractivity contribution in [2.45, 2.75) is 32.4 Å². The molecule has 1 aromatic carbocycles. The first kappa shape index (κ1) is 25.2. The van der Waals surface area contributed by atoms with Crippen LogP contribution in [0.3, 0.4) is 0 Å². The number of para-hydroxylation sites is 1. The van der Waals surface area contributed by atoms with Gasteiger partial charge in [-0.3, -0.25) is 4.90 Å². The maximum Gasteiger partial charge on any atom is 0.213 e. The third-order valence-electron chi connectivity index (χ3n) is 5.28. The summed E-state index contributed by atoms with van der Waals surface area (Å²) >= 11 is 0. The number of methoxy groups -OCH3 is 2. The summed E-state index contributed by atoms with van der Waals surface area (Å²) in [6.07, 6.45) is 2.47. The van der Waals surface area contributed by atoms with Crippen molar-refractivity contribution in [2.24, 2.45) is 4.99 Å². The lowest BCUT2D eigenvalue weighted by Gasteiger charge is -2.30. The molecule has 2 heterocycles. The molecule has 0 radical (unpaired) electrons. The summed E-state index contributed by atoms with van der Waals surface area (Å²) < 4.78 is 10.9. The number of rotatable bonds is 9. The summed E-state index contributed by atoms with van der Waals surface area (Å²) in [4.78, 5) is 11.7. The highest BCUT2D eigenvalue weighted by Crippen LogP contribution is 2.31. The summed E-state index contributed by atoms with van der Waals surface area (Å²) in [7, 11) is 3.36. The average molecular weight is 539 g/mol. The lowest BCUT2D eigenvalue weighted by atomic mass is 10.0. The minimum Gasteiger partial charge on any atom is -0.496 e. The molecule has 0 bridgehead atoms. The quantitative estimate of drug-likeness (QED) is 0.288. The van der Waals surface area contributed by atoms with Crippen LogP contribution in [-0.4, -0.2) is 56.2 Å². The van der Waals surface area contributed by atoms with E-state index in [0.717, 1.165) is 43.6 Å². The van der Waals surface area contributed by atoms with Crippen molar-refractivity contribution in [3.05, 3.63) is 53.7 Å². The van der Waals surface area contributed by atoms with Gasteiger partial charge >= 0.3 is 0 Å². The van der Waals surface area contributed by atoms with Crippen LogP contribution in [0.15, 0.2) is 47.5 Å². The Hall–Kier alpha value is -2.07. The van der Waals surface area contributed by atoms with Crippen LogP contribution in [0.1, 0.15) is 37.1 Å². The molecule has 0 spiro atoms. The maximum absolute atomic E-state index is 5.65. The SMILES string of the molecule is CCNC(=NCc1cccc(OC)n1)NCC(c1ccccc1OC)N1CCCC1.I. The molecule has 1 unspecified atom stereocenters. The van der Waals surface area contributed by atoms with E-state index < -0.39 is 0 Å². The average Bonchev–Trinajstić information content (AvgIpc) is 3.32. The van der Waals surface area contributed by atoms with Gasteiger partial charge in [0.25, 0.3) is 0 Å². The lowest BCUT2D eigenvalue weighted by Crippen LogP contribution is -2.42. The van der Waals surface area contributed by atoms with Crippen LogP contribution in [0.25, 0.3) is 0 Å². The Kier molecular flexibility index (Phi) is 10.9. The topological polar surface area (TPSA) is 71.0 Å². The van der Waals surface area contributed by atoms with Gasteiger partial charge in [0.1, 0.15) is 5.75 Å². The van der Waals surface area contributed by atoms with Crippen molar-refractivity contribution >= 4 is 29.9 Å². The summed E-state index contributed by atoms with van der Waals surface area (Å²) in [6.45, 7) is 6.30. The molecule has 3 rings (SSSR count). The van der Waals surface area contributed by atoms with Gasteiger partial charge in [-0.15, -0.1) is 24.0 Å². The molecule has 0 aliphatic carbocycles. The second-order valence-corrected chi connectivity index (χ2v) is 7.25. The molecule has 2 N–H and O–H groups in total. The summed E-state index contributed by atoms with van der Waals surface area (Å²) in [6, 6.07) is 14.2. The minimum absolute atomic E-state index is 0. The normalized spacial score (nSPS) is 15.1. The lowest BCUT2D eigenvalue weighted by molar-refractivity contribution is 0.239. The van der Waals surface area contributed by atoms with Gasteiger partial charge in [0.15, 0.2) is 5.96 Å². The number of ether oxygens (including phenoxy) is 2. The fraction of sp³-hybridized carbons (Fsp3) is 0.478. The van der Waals surface area contributed by atoms with E-state index in [-0.39, 0.29) is 30.0 Å². The van der Waals surface area contributed by atoms with Gasteiger partial charge < -0.3 is 20.1 Å². The molecule has 170 valence electrons. The zero-order valence-corrected chi connectivity index (χ0v) is 21.0. The van der Waals surface area contributed by atoms with E-state index in [9.17, 15) is 0 Å². The van der Waals surface area contributed by atoms with E-state index in [1.165, 1.54) is 18.4 Å². The Morgan fingerprint density at radius 2 is 1.84 bits per heavy atom. The van der Waals surface area contributed by atoms with Crippen LogP contribution < -0.4 is 20.1 Å². The molecule has 1 aliphatic rings. The van der Waals surface area contributed by atoms with Gasteiger partial charge in [0.05, 0.1) is 32.5 Å². The number of hydrogen-bond acceptors (Lipinski definition) is 5. The number of pyridine rings is 1. The van der Waals surface area contributed by atoms with Gasteiger partial charge in [-0.1, -0.05) is 24.3 Å². The molecule has 0 amide bonds. The second-order valence-electron chi connectivity index (χ2n) is 7.25. The first-order valence-electron chi connectivity index (χ1n) is 10.6. The third kappa shape index (κ3) is 7.24. The van der Waals surface area contributed by atoms with E-state index in [1.807, 2.05) is 30.3 Å². The minimum atomic E-state index is 0. The highest BCUT2D eigenvalue weighted by Gasteiger charge is 2.26. The van der Waals surface area contributed by atoms with Crippen LogP contribution in [-0.2, 0) is 6.54 Å². The Morgan fingerprint density at radius 1 is 1.06 bits per heavy atom. The predicted molar refractivity (Wildman–Crippen MR) is 136 cm³/mol. The summed E-state index contributed by atoms with van der Waals surface area (Å²) in [5, 5.41) is 6.87. The number of aromatic nitrogens is 1. The van der Waals surface area contributed by atoms with Gasteiger partial charge in [-0.05, 0) is 45.0 Å². The molecule has 7 nitrogen and oxygen atoms in total. The molecule has 8 heteroatoms. The Bertz CT molecular complexity index is 827. The molecule has 1 aromatic heterocycles. The van der Waals surface area contributed by atoms with Crippen LogP contribution >= 0.6 is 24.0 Å². The molecule has 1 aliphatic heterocycles. The Morgan fingerprint density at radius 3 is 2.55 bits per heavy atom. The Labute approximate surface area is 202 Å². The van der Waals surface area contributed by atoms with Crippen molar-refractivity contribution in [3.8, 4) is 11.6 Å². The zero-order valence-electron chi connectivity index (χ0n) is 18.6. The molecule has 0 saturated carbocycles. The Balaban J connectivity index is 0.00000341. The highest BCUT2D eigenvalue weighted by atomic mass is 127. The first-order valence-corrected chi connectivity index (χ1v) is 10.6. The fourth-order valence-electron chi connectivity index (χ4n) is 3.79. The van der Waals surface area contributed by atoms with Crippen LogP contribution in [0.5, 0.6) is 11.6 Å². The summed E-state index contributed by atoms with van der Waals surface area (Å²) in [5.41, 5.74) is 2.08. The van der Waals surface area contributed by atoms with Gasteiger partial charge in [0.2, 0.25) is 5.88 Å². The van der Waals surface area contributed by atoms with Crippen molar-refractivity contribution in [3.63, 3.8) is 0 Å². The molecule has 2 aromatic rings. The highest BCUT2D eigenvalue weighted by molar-refractivity contribution is 14.0. The maximum atomic E-state index is 5.65. The monoisotopic (exact) mass is 539 g/mol. The second kappa shape index (κ2) is 13.4. The van der Waals surface area contributed by atoms with Crippen molar-refractivity contribution in [2.75, 3.05) is 40.4 Å². The smallest absolute Gasteiger partial charge is 0.213 e. The predicted octanol–water partition coefficient (Wildman–Crippen LogP) is 3.61. The molecule has 31 heavy (non-hydrogen) atoms. The standard InChI is InChI=1S/C23H33N5O2.HI/c1-4-24-23(25-16-18-10-9-13-22(27-18)30-3)26-17-20(28-14-7-8-15-28)19-11-5-6-12-21(19)29-2;/h5-6,9-13,20H,4,7-8,14-17H2,1-3H3,(H2,24,25,26);1H. The number of hydrogen-bond donors (Lipinski definition) is 2. The number of guanidine groups is 1. The molecular formula is C23H34IN5O2. The van der Waals surface area contributed by atoms with Crippen molar-refractivity contribution in [1.82, 2.24) is 20.5 Å². The number of nitrogens with zero attached hydrogens (tertiary/aromatic N) is 3. The number of benzene rings is 1. The number of likely N-dealkylation sites (tertiary alicyclic amines) is 1. The van der Waals surface area contributed by atoms with E-state index >= 15 is 0 Å². The molecule has 1 saturated heterocycles. The van der Waals surface area contributed by atoms with E-state index in [0.29, 0.717) is 12.4 Å². The molecular weight excluding hydrogens is 505 g/mol. The van der Waals surface area contributed by atoms with E-state index in [4.69, 9.17) is 14.5 Å². The third-order valence-corrected chi connectivity index (χ3v) is 5.28. The first-order chi connectivity index (χ1) is 14.7. The molecule has 1 fully saturated rings. The van der Waals surface area contributed by atoms with Gasteiger partial charge in [-0.25, -0.2) is 9.98 Å². The van der Waals surface area contributed by atoms with Gasteiger partial charge in [-0.2, -0.15) is 0 Å². The number of aliphatic imine (C=N–C) groups is 1. The number of halogens is 1. The summed E-state index contributed by atoms with van der Waals surface area (Å²) in [5.74, 6) is 2.31. The number of nitrogens with one attached hydrogen (secondary N) is 2. The zero-order chi connectivity index (χ0) is 21.2. The van der Waals surface area contributed by atoms with Crippen LogP contribution in [0.2, 0.25) is 0 Å². The van der Waals surface area contributed by atoms with E-state index in [1.54, 1.807) is 14.2 Å². The van der Waals surface area contributed by atoms with Crippen LogP contribution in [0, 0.1) is 0 Å². The van der Waals surface area contributed by atoms with Crippen LogP contribution in [0.4, 0.5) is 0 Å². The molecule has 1 atom stereocenters. The fourth-order valence-corrected chi connectivity index (χ4v) is 3.79. The van der Waals surface area contributed by atoms with E-state index in [2.05, 4.69) is 39.6 Å².